The average molecular weight is 577 g/mol. The van der Waals surface area contributed by atoms with Crippen molar-refractivity contribution in [3.63, 3.8) is 0 Å². The number of ketones is 2. The minimum atomic E-state index is -1.72. The second kappa shape index (κ2) is 10.2. The predicted molar refractivity (Wildman–Crippen MR) is 143 cm³/mol. The van der Waals surface area contributed by atoms with Crippen molar-refractivity contribution in [1.82, 2.24) is 0 Å². The number of rotatable bonds is 6. The molecule has 0 unspecified atom stereocenters. The number of allylic oxidation sites excluding steroid dienone is 4. The van der Waals surface area contributed by atoms with Gasteiger partial charge in [-0.3, -0.25) is 9.59 Å². The summed E-state index contributed by atoms with van der Waals surface area (Å²) in [5.74, 6) is -1.46. The minimum absolute atomic E-state index is 0.0223. The second-order valence-corrected chi connectivity index (χ2v) is 13.2. The summed E-state index contributed by atoms with van der Waals surface area (Å²) in [5.41, 5.74) is -2.13. The van der Waals surface area contributed by atoms with Crippen molar-refractivity contribution in [2.75, 3.05) is 13.2 Å². The summed E-state index contributed by atoms with van der Waals surface area (Å²) in [6.07, 6.45) is 5.77. The normalized spacial score (nSPS) is 36.7. The summed E-state index contributed by atoms with van der Waals surface area (Å²) in [7, 11) is 0. The summed E-state index contributed by atoms with van der Waals surface area (Å²) in [6, 6.07) is 3.16. The van der Waals surface area contributed by atoms with Crippen LogP contribution in [0.1, 0.15) is 62.5 Å². The number of aliphatic hydroxyl groups is 1. The molecule has 3 saturated carbocycles. The van der Waals surface area contributed by atoms with Crippen LogP contribution >= 0.6 is 22.9 Å². The average Bonchev–Trinajstić information content (AvgIpc) is 3.44. The third-order valence-electron chi connectivity index (χ3n) is 9.65. The molecule has 1 heterocycles. The molecule has 0 spiro atoms. The zero-order valence-corrected chi connectivity index (χ0v) is 23.8. The number of carbonyl (C=O) groups is 4. The van der Waals surface area contributed by atoms with E-state index in [0.717, 1.165) is 23.3 Å². The molecule has 3 fully saturated rings. The summed E-state index contributed by atoms with van der Waals surface area (Å²) >= 11 is 7.03. The van der Waals surface area contributed by atoms with E-state index in [2.05, 4.69) is 6.92 Å². The van der Waals surface area contributed by atoms with E-state index < -0.39 is 47.0 Å². The number of carbonyl (C=O) groups excluding carboxylic acids is 4. The molecule has 1 aromatic heterocycles. The monoisotopic (exact) mass is 576 g/mol. The molecule has 0 radical (unpaired) electrons. The lowest BCUT2D eigenvalue weighted by Crippen LogP contribution is -2.63. The van der Waals surface area contributed by atoms with Gasteiger partial charge in [0.25, 0.3) is 0 Å². The number of aliphatic hydroxyl groups excluding tert-OH is 1. The van der Waals surface area contributed by atoms with Crippen LogP contribution in [0.15, 0.2) is 35.9 Å². The smallest absolute Gasteiger partial charge is 0.454 e. The molecule has 8 nitrogen and oxygen atoms in total. The molecule has 1 N–H and O–H groups in total. The quantitative estimate of drug-likeness (QED) is 0.357. The van der Waals surface area contributed by atoms with Crippen LogP contribution < -0.4 is 0 Å². The first-order valence-corrected chi connectivity index (χ1v) is 14.6. The third-order valence-corrected chi connectivity index (χ3v) is 10.9. The van der Waals surface area contributed by atoms with Crippen LogP contribution in [0.2, 0.25) is 4.34 Å². The number of thiophene rings is 1. The highest BCUT2D eigenvalue weighted by molar-refractivity contribution is 7.18. The zero-order valence-electron chi connectivity index (χ0n) is 22.2. The number of ether oxygens (including phenoxy) is 3. The second-order valence-electron chi connectivity index (χ2n) is 11.5. The standard InChI is InChI=1S/C29H33ClO8S/c1-4-36-26(35)38-29(25(34)37-15-21(33)22-7-8-23(30)39-22)12-10-19-18-6-5-16-13-17(31)9-11-27(16,2)24(18)20(32)14-28(19,29)3/h7-9,11,13,18-20,24,32H,4-6,10,12,14-15H2,1-3H3/t18-,19-,20-,24+,27-,28-,29-/m0/s1. The van der Waals surface area contributed by atoms with Crippen molar-refractivity contribution in [2.45, 2.75) is 64.6 Å². The van der Waals surface area contributed by atoms with Crippen LogP contribution in [0.5, 0.6) is 0 Å². The number of fused-ring (bicyclic) bond motifs is 5. The Labute approximate surface area is 236 Å². The highest BCUT2D eigenvalue weighted by atomic mass is 35.5. The Morgan fingerprint density at radius 3 is 2.64 bits per heavy atom. The Balaban J connectivity index is 1.46. The Bertz CT molecular complexity index is 1270. The lowest BCUT2D eigenvalue weighted by molar-refractivity contribution is -0.200. The molecular weight excluding hydrogens is 544 g/mol. The Morgan fingerprint density at radius 2 is 1.95 bits per heavy atom. The van der Waals surface area contributed by atoms with Gasteiger partial charge in [-0.05, 0) is 75.1 Å². The lowest BCUT2D eigenvalue weighted by atomic mass is 9.46. The first-order valence-electron chi connectivity index (χ1n) is 13.4. The Hall–Kier alpha value is -2.49. The molecular formula is C29H33ClO8S. The van der Waals surface area contributed by atoms with E-state index in [9.17, 15) is 24.3 Å². The van der Waals surface area contributed by atoms with Gasteiger partial charge in [0, 0.05) is 16.7 Å². The SMILES string of the molecule is CCOC(=O)O[C@]1(C(=O)OCC(=O)c2ccc(Cl)s2)CC[C@H]2[C@@H]3CCC4=CC(=O)C=C[C@]4(C)[C@H]3[C@@H](O)C[C@@]21C. The summed E-state index contributed by atoms with van der Waals surface area (Å²) in [5, 5.41) is 11.7. The fourth-order valence-corrected chi connectivity index (χ4v) is 8.90. The Kier molecular flexibility index (Phi) is 7.31. The largest absolute Gasteiger partial charge is 0.509 e. The molecule has 210 valence electrons. The molecule has 5 rings (SSSR count). The van der Waals surface area contributed by atoms with Crippen LogP contribution in [-0.2, 0) is 23.8 Å². The van der Waals surface area contributed by atoms with E-state index in [1.165, 1.54) is 0 Å². The summed E-state index contributed by atoms with van der Waals surface area (Å²) in [4.78, 5) is 51.6. The van der Waals surface area contributed by atoms with Gasteiger partial charge in [-0.25, -0.2) is 9.59 Å². The van der Waals surface area contributed by atoms with Crippen LogP contribution in [0.25, 0.3) is 0 Å². The molecule has 0 aliphatic heterocycles. The lowest BCUT2D eigenvalue weighted by Gasteiger charge is -2.59. The molecule has 10 heteroatoms. The van der Waals surface area contributed by atoms with E-state index in [0.29, 0.717) is 22.1 Å². The highest BCUT2D eigenvalue weighted by Crippen LogP contribution is 2.68. The van der Waals surface area contributed by atoms with Gasteiger partial charge in [0.1, 0.15) is 0 Å². The molecule has 4 aliphatic carbocycles. The highest BCUT2D eigenvalue weighted by Gasteiger charge is 2.71. The zero-order chi connectivity index (χ0) is 28.2. The minimum Gasteiger partial charge on any atom is -0.454 e. The van der Waals surface area contributed by atoms with E-state index in [1.54, 1.807) is 31.2 Å². The molecule has 0 bridgehead atoms. The number of halogens is 1. The van der Waals surface area contributed by atoms with Crippen molar-refractivity contribution in [1.29, 1.82) is 0 Å². The first kappa shape index (κ1) is 28.1. The van der Waals surface area contributed by atoms with Crippen LogP contribution in [0.4, 0.5) is 4.79 Å². The van der Waals surface area contributed by atoms with E-state index >= 15 is 0 Å². The van der Waals surface area contributed by atoms with Crippen molar-refractivity contribution >= 4 is 46.6 Å². The molecule has 39 heavy (non-hydrogen) atoms. The fourth-order valence-electron chi connectivity index (χ4n) is 7.93. The molecule has 0 amide bonds. The maximum absolute atomic E-state index is 13.8. The van der Waals surface area contributed by atoms with Gasteiger partial charge in [-0.2, -0.15) is 0 Å². The fraction of sp³-hybridized carbons (Fsp3) is 0.586. The van der Waals surface area contributed by atoms with Gasteiger partial charge in [-0.1, -0.05) is 37.1 Å². The number of hydrogen-bond donors (Lipinski definition) is 1. The summed E-state index contributed by atoms with van der Waals surface area (Å²) < 4.78 is 16.9. The summed E-state index contributed by atoms with van der Waals surface area (Å²) in [6.45, 7) is 5.12. The van der Waals surface area contributed by atoms with E-state index in [1.807, 2.05) is 13.0 Å². The van der Waals surface area contributed by atoms with Crippen LogP contribution in [-0.4, -0.2) is 53.7 Å². The van der Waals surface area contributed by atoms with Crippen molar-refractivity contribution in [3.05, 3.63) is 45.1 Å². The number of hydrogen-bond acceptors (Lipinski definition) is 9. The van der Waals surface area contributed by atoms with Crippen molar-refractivity contribution in [2.24, 2.45) is 28.6 Å². The molecule has 4 aliphatic rings. The van der Waals surface area contributed by atoms with Crippen LogP contribution in [0, 0.1) is 28.6 Å². The number of Topliss-reactive ketones (excluding diaryl/α,β-unsaturated/α-hetero) is 1. The van der Waals surface area contributed by atoms with E-state index in [-0.39, 0.29) is 43.0 Å². The topological polar surface area (TPSA) is 116 Å². The van der Waals surface area contributed by atoms with E-state index in [4.69, 9.17) is 25.8 Å². The molecule has 0 saturated heterocycles. The molecule has 1 aromatic rings. The van der Waals surface area contributed by atoms with Crippen molar-refractivity contribution in [3.8, 4) is 0 Å². The van der Waals surface area contributed by atoms with Gasteiger partial charge >= 0.3 is 12.1 Å². The maximum atomic E-state index is 13.8. The first-order chi connectivity index (χ1) is 18.4. The predicted octanol–water partition coefficient (Wildman–Crippen LogP) is 5.32. The van der Waals surface area contributed by atoms with Crippen molar-refractivity contribution < 1.29 is 38.5 Å². The number of esters is 1. The van der Waals surface area contributed by atoms with Gasteiger partial charge in [-0.15, -0.1) is 11.3 Å². The molecule has 7 atom stereocenters. The molecule has 0 aromatic carbocycles. The van der Waals surface area contributed by atoms with Gasteiger partial charge < -0.3 is 19.3 Å². The third kappa shape index (κ3) is 4.46. The maximum Gasteiger partial charge on any atom is 0.509 e. The Morgan fingerprint density at radius 1 is 1.18 bits per heavy atom. The van der Waals surface area contributed by atoms with Gasteiger partial charge in [0.2, 0.25) is 11.4 Å². The van der Waals surface area contributed by atoms with Crippen LogP contribution in [0.3, 0.4) is 0 Å². The van der Waals surface area contributed by atoms with Gasteiger partial charge in [0.15, 0.2) is 12.4 Å². The van der Waals surface area contributed by atoms with Gasteiger partial charge in [0.05, 0.1) is 21.9 Å².